The van der Waals surface area contributed by atoms with E-state index in [0.717, 1.165) is 19.4 Å². The lowest BCUT2D eigenvalue weighted by Crippen LogP contribution is -2.61. The number of likely N-dealkylation sites (tertiary alicyclic amines) is 1. The molecule has 20 heavy (non-hydrogen) atoms. The third-order valence-electron chi connectivity index (χ3n) is 4.17. The molecule has 0 saturated carbocycles. The summed E-state index contributed by atoms with van der Waals surface area (Å²) in [5.41, 5.74) is -0.338. The molecule has 0 bridgehead atoms. The number of rotatable bonds is 2. The molecule has 0 aliphatic carbocycles. The molecule has 2 rings (SSSR count). The van der Waals surface area contributed by atoms with Gasteiger partial charge in [-0.05, 0) is 18.8 Å². The van der Waals surface area contributed by atoms with Crippen LogP contribution in [0.1, 0.15) is 40.0 Å². The Morgan fingerprint density at radius 2 is 1.90 bits per heavy atom. The van der Waals surface area contributed by atoms with Gasteiger partial charge in [-0.2, -0.15) is 0 Å². The fourth-order valence-electron chi connectivity index (χ4n) is 3.15. The third kappa shape index (κ3) is 3.51. The van der Waals surface area contributed by atoms with Crippen LogP contribution in [0.4, 0.5) is 0 Å². The highest BCUT2D eigenvalue weighted by molar-refractivity contribution is 5.76. The van der Waals surface area contributed by atoms with Crippen LogP contribution in [-0.2, 0) is 14.3 Å². The fraction of sp³-hybridized carbons (Fsp3) is 0.867. The lowest BCUT2D eigenvalue weighted by Gasteiger charge is -2.48. The van der Waals surface area contributed by atoms with Gasteiger partial charge < -0.3 is 14.5 Å². The van der Waals surface area contributed by atoms with Gasteiger partial charge in [-0.15, -0.1) is 0 Å². The van der Waals surface area contributed by atoms with Gasteiger partial charge in [0.2, 0.25) is 11.8 Å². The van der Waals surface area contributed by atoms with Crippen LogP contribution >= 0.6 is 0 Å². The Kier molecular flexibility index (Phi) is 4.68. The number of amides is 2. The van der Waals surface area contributed by atoms with E-state index in [-0.39, 0.29) is 17.4 Å². The minimum absolute atomic E-state index is 0.0957. The Morgan fingerprint density at radius 1 is 1.20 bits per heavy atom. The van der Waals surface area contributed by atoms with Crippen molar-refractivity contribution in [2.45, 2.75) is 45.6 Å². The van der Waals surface area contributed by atoms with Gasteiger partial charge in [0, 0.05) is 26.4 Å². The van der Waals surface area contributed by atoms with Crippen LogP contribution in [0.3, 0.4) is 0 Å². The van der Waals surface area contributed by atoms with Gasteiger partial charge in [-0.25, -0.2) is 0 Å². The van der Waals surface area contributed by atoms with Crippen molar-refractivity contribution in [1.82, 2.24) is 9.80 Å². The van der Waals surface area contributed by atoms with Gasteiger partial charge in [0.25, 0.3) is 0 Å². The number of morpholine rings is 1. The molecule has 0 aromatic rings. The number of nitrogens with zero attached hydrogens (tertiary/aromatic N) is 2. The molecule has 2 aliphatic heterocycles. The minimum atomic E-state index is -0.338. The van der Waals surface area contributed by atoms with Crippen molar-refractivity contribution < 1.29 is 14.3 Å². The lowest BCUT2D eigenvalue weighted by atomic mass is 9.90. The van der Waals surface area contributed by atoms with Crippen molar-refractivity contribution in [2.75, 3.05) is 32.8 Å². The number of hydrogen-bond donors (Lipinski definition) is 0. The Morgan fingerprint density at radius 3 is 2.55 bits per heavy atom. The summed E-state index contributed by atoms with van der Waals surface area (Å²) in [5, 5.41) is 0. The highest BCUT2D eigenvalue weighted by atomic mass is 16.5. The van der Waals surface area contributed by atoms with Crippen LogP contribution in [-0.4, -0.2) is 60.0 Å². The Hall–Kier alpha value is -1.10. The van der Waals surface area contributed by atoms with E-state index in [1.165, 1.54) is 0 Å². The van der Waals surface area contributed by atoms with E-state index in [9.17, 15) is 9.59 Å². The Labute approximate surface area is 121 Å². The summed E-state index contributed by atoms with van der Waals surface area (Å²) in [5.74, 6) is 0.683. The van der Waals surface area contributed by atoms with Crippen molar-refractivity contribution >= 4 is 11.8 Å². The smallest absolute Gasteiger partial charge is 0.223 e. The second-order valence-corrected chi connectivity index (χ2v) is 6.49. The van der Waals surface area contributed by atoms with Crippen LogP contribution in [0.15, 0.2) is 0 Å². The van der Waals surface area contributed by atoms with E-state index < -0.39 is 0 Å². The molecule has 1 spiro atoms. The lowest BCUT2D eigenvalue weighted by molar-refractivity contribution is -0.166. The Bertz CT molecular complexity index is 379. The summed E-state index contributed by atoms with van der Waals surface area (Å²) in [4.78, 5) is 27.6. The predicted molar refractivity (Wildman–Crippen MR) is 76.2 cm³/mol. The standard InChI is InChI=1S/C15H26N2O3/c1-12(2)9-14(19)17-7-8-20-15(11-17)5-4-6-16(10-15)13(3)18/h12H,4-11H2,1-3H3. The molecule has 0 N–H and O–H groups in total. The third-order valence-corrected chi connectivity index (χ3v) is 4.17. The molecule has 2 aliphatic rings. The zero-order valence-corrected chi connectivity index (χ0v) is 12.9. The molecule has 2 fully saturated rings. The van der Waals surface area contributed by atoms with Crippen molar-refractivity contribution in [1.29, 1.82) is 0 Å². The van der Waals surface area contributed by atoms with Crippen molar-refractivity contribution in [3.05, 3.63) is 0 Å². The maximum atomic E-state index is 12.2. The molecule has 5 heteroatoms. The normalized spacial score (nSPS) is 27.2. The number of ether oxygens (including phenoxy) is 1. The van der Waals surface area contributed by atoms with Crippen LogP contribution in [0.5, 0.6) is 0 Å². The highest BCUT2D eigenvalue weighted by Gasteiger charge is 2.42. The van der Waals surface area contributed by atoms with Crippen LogP contribution in [0, 0.1) is 5.92 Å². The molecular weight excluding hydrogens is 256 g/mol. The molecule has 5 nitrogen and oxygen atoms in total. The number of carbonyl (C=O) groups is 2. The summed E-state index contributed by atoms with van der Waals surface area (Å²) in [6.45, 7) is 9.03. The molecule has 0 aromatic carbocycles. The summed E-state index contributed by atoms with van der Waals surface area (Å²) in [6, 6.07) is 0. The fourth-order valence-corrected chi connectivity index (χ4v) is 3.15. The van der Waals surface area contributed by atoms with Gasteiger partial charge in [0.05, 0.1) is 19.7 Å². The second-order valence-electron chi connectivity index (χ2n) is 6.49. The molecule has 114 valence electrons. The molecule has 0 aromatic heterocycles. The first-order chi connectivity index (χ1) is 9.42. The Balaban J connectivity index is 2.01. The monoisotopic (exact) mass is 282 g/mol. The first-order valence-electron chi connectivity index (χ1n) is 7.59. The molecule has 0 radical (unpaired) electrons. The molecule has 1 unspecified atom stereocenters. The van der Waals surface area contributed by atoms with E-state index in [2.05, 4.69) is 13.8 Å². The quantitative estimate of drug-likeness (QED) is 0.766. The van der Waals surface area contributed by atoms with Gasteiger partial charge in [-0.1, -0.05) is 13.8 Å². The first kappa shape index (κ1) is 15.3. The average Bonchev–Trinajstić information content (AvgIpc) is 2.38. The molecule has 2 amide bonds. The highest BCUT2D eigenvalue weighted by Crippen LogP contribution is 2.29. The van der Waals surface area contributed by atoms with Crippen LogP contribution < -0.4 is 0 Å². The van der Waals surface area contributed by atoms with Gasteiger partial charge in [-0.3, -0.25) is 9.59 Å². The molecule has 2 heterocycles. The summed E-state index contributed by atoms with van der Waals surface area (Å²) in [6.07, 6.45) is 2.47. The van der Waals surface area contributed by atoms with E-state index in [1.54, 1.807) is 6.92 Å². The number of carbonyl (C=O) groups excluding carboxylic acids is 2. The topological polar surface area (TPSA) is 49.9 Å². The van der Waals surface area contributed by atoms with Gasteiger partial charge >= 0.3 is 0 Å². The maximum absolute atomic E-state index is 12.2. The molecular formula is C15H26N2O3. The van der Waals surface area contributed by atoms with E-state index in [1.807, 2.05) is 9.80 Å². The summed E-state index contributed by atoms with van der Waals surface area (Å²) in [7, 11) is 0. The van der Waals surface area contributed by atoms with Gasteiger partial charge in [0.1, 0.15) is 5.60 Å². The average molecular weight is 282 g/mol. The maximum Gasteiger partial charge on any atom is 0.223 e. The largest absolute Gasteiger partial charge is 0.369 e. The van der Waals surface area contributed by atoms with Gasteiger partial charge in [0.15, 0.2) is 0 Å². The van der Waals surface area contributed by atoms with Crippen molar-refractivity contribution in [2.24, 2.45) is 5.92 Å². The van der Waals surface area contributed by atoms with E-state index in [0.29, 0.717) is 38.6 Å². The van der Waals surface area contributed by atoms with E-state index in [4.69, 9.17) is 4.74 Å². The zero-order chi connectivity index (χ0) is 14.8. The zero-order valence-electron chi connectivity index (χ0n) is 12.9. The molecule has 1 atom stereocenters. The number of hydrogen-bond acceptors (Lipinski definition) is 3. The van der Waals surface area contributed by atoms with Crippen LogP contribution in [0.2, 0.25) is 0 Å². The van der Waals surface area contributed by atoms with E-state index >= 15 is 0 Å². The second kappa shape index (κ2) is 6.12. The predicted octanol–water partition coefficient (Wildman–Crippen LogP) is 1.27. The van der Waals surface area contributed by atoms with Crippen molar-refractivity contribution in [3.63, 3.8) is 0 Å². The van der Waals surface area contributed by atoms with Crippen molar-refractivity contribution in [3.8, 4) is 0 Å². The summed E-state index contributed by atoms with van der Waals surface area (Å²) < 4.78 is 5.98. The SMILES string of the molecule is CC(=O)N1CCCC2(C1)CN(C(=O)CC(C)C)CCO2. The molecule has 2 saturated heterocycles. The number of piperidine rings is 1. The minimum Gasteiger partial charge on any atom is -0.369 e. The van der Waals surface area contributed by atoms with Crippen LogP contribution in [0.25, 0.3) is 0 Å². The summed E-state index contributed by atoms with van der Waals surface area (Å²) >= 11 is 0. The first-order valence-corrected chi connectivity index (χ1v) is 7.59.